The SMILES string of the molecule is CCc1nn(C)c(C(=O)NCc2cccc(F)c2)c1N. The number of amides is 1. The predicted molar refractivity (Wildman–Crippen MR) is 74.6 cm³/mol. The summed E-state index contributed by atoms with van der Waals surface area (Å²) in [6, 6.07) is 6.08. The number of carbonyl (C=O) groups is 1. The van der Waals surface area contributed by atoms with Crippen LogP contribution in [-0.4, -0.2) is 15.7 Å². The molecule has 0 saturated heterocycles. The van der Waals surface area contributed by atoms with Gasteiger partial charge in [-0.2, -0.15) is 5.10 Å². The van der Waals surface area contributed by atoms with Gasteiger partial charge in [0, 0.05) is 13.6 Å². The molecule has 0 radical (unpaired) electrons. The fraction of sp³-hybridized carbons (Fsp3) is 0.286. The number of hydrogen-bond acceptors (Lipinski definition) is 3. The van der Waals surface area contributed by atoms with Gasteiger partial charge in [-0.15, -0.1) is 0 Å². The van der Waals surface area contributed by atoms with E-state index < -0.39 is 0 Å². The van der Waals surface area contributed by atoms with Crippen molar-refractivity contribution in [3.63, 3.8) is 0 Å². The summed E-state index contributed by atoms with van der Waals surface area (Å²) >= 11 is 0. The molecule has 106 valence electrons. The van der Waals surface area contributed by atoms with Crippen molar-refractivity contribution in [3.05, 3.63) is 47.0 Å². The average molecular weight is 276 g/mol. The first-order valence-electron chi connectivity index (χ1n) is 6.37. The standard InChI is InChI=1S/C14H17FN4O/c1-3-11-12(16)13(19(2)18-11)14(20)17-8-9-5-4-6-10(15)7-9/h4-7H,3,8,16H2,1-2H3,(H,17,20). The van der Waals surface area contributed by atoms with Crippen molar-refractivity contribution in [2.75, 3.05) is 5.73 Å². The number of nitrogens with two attached hydrogens (primary N) is 1. The van der Waals surface area contributed by atoms with Gasteiger partial charge in [-0.05, 0) is 24.1 Å². The molecular weight excluding hydrogens is 259 g/mol. The summed E-state index contributed by atoms with van der Waals surface area (Å²) in [6.45, 7) is 2.16. The number of nitrogens with one attached hydrogen (secondary N) is 1. The molecule has 6 heteroatoms. The van der Waals surface area contributed by atoms with Crippen LogP contribution >= 0.6 is 0 Å². The quantitative estimate of drug-likeness (QED) is 0.891. The van der Waals surface area contributed by atoms with Crippen LogP contribution in [0.3, 0.4) is 0 Å². The van der Waals surface area contributed by atoms with E-state index in [0.29, 0.717) is 29.1 Å². The van der Waals surface area contributed by atoms with Crippen molar-refractivity contribution in [1.82, 2.24) is 15.1 Å². The Kier molecular flexibility index (Phi) is 4.02. The zero-order chi connectivity index (χ0) is 14.7. The number of nitrogens with zero attached hydrogens (tertiary/aromatic N) is 2. The van der Waals surface area contributed by atoms with Gasteiger partial charge in [-0.25, -0.2) is 4.39 Å². The van der Waals surface area contributed by atoms with E-state index in [9.17, 15) is 9.18 Å². The maximum atomic E-state index is 13.0. The van der Waals surface area contributed by atoms with Crippen LogP contribution in [0, 0.1) is 5.82 Å². The van der Waals surface area contributed by atoms with Crippen molar-refractivity contribution in [1.29, 1.82) is 0 Å². The van der Waals surface area contributed by atoms with Crippen LogP contribution in [0.5, 0.6) is 0 Å². The van der Waals surface area contributed by atoms with Gasteiger partial charge < -0.3 is 11.1 Å². The molecule has 3 N–H and O–H groups in total. The highest BCUT2D eigenvalue weighted by Crippen LogP contribution is 2.16. The number of nitrogen functional groups attached to an aromatic ring is 1. The monoisotopic (exact) mass is 276 g/mol. The molecule has 0 saturated carbocycles. The molecule has 1 aromatic heterocycles. The average Bonchev–Trinajstić information content (AvgIpc) is 2.71. The Balaban J connectivity index is 2.11. The summed E-state index contributed by atoms with van der Waals surface area (Å²) in [5.74, 6) is -0.647. The number of benzene rings is 1. The number of hydrogen-bond donors (Lipinski definition) is 2. The lowest BCUT2D eigenvalue weighted by atomic mass is 10.2. The van der Waals surface area contributed by atoms with E-state index in [4.69, 9.17) is 5.73 Å². The van der Waals surface area contributed by atoms with Gasteiger partial charge in [0.15, 0.2) is 0 Å². The topological polar surface area (TPSA) is 72.9 Å². The van der Waals surface area contributed by atoms with Gasteiger partial charge in [0.25, 0.3) is 5.91 Å². The minimum Gasteiger partial charge on any atom is -0.395 e. The largest absolute Gasteiger partial charge is 0.395 e. The smallest absolute Gasteiger partial charge is 0.271 e. The van der Waals surface area contributed by atoms with Gasteiger partial charge in [0.2, 0.25) is 0 Å². The van der Waals surface area contributed by atoms with Crippen molar-refractivity contribution >= 4 is 11.6 Å². The summed E-state index contributed by atoms with van der Waals surface area (Å²) in [5, 5.41) is 6.90. The van der Waals surface area contributed by atoms with Crippen LogP contribution in [-0.2, 0) is 20.0 Å². The fourth-order valence-electron chi connectivity index (χ4n) is 2.04. The first kappa shape index (κ1) is 14.0. The number of carbonyl (C=O) groups excluding carboxylic acids is 1. The molecule has 1 aromatic carbocycles. The van der Waals surface area contributed by atoms with Gasteiger partial charge in [0.1, 0.15) is 11.5 Å². The third-order valence-electron chi connectivity index (χ3n) is 3.05. The molecular formula is C14H17FN4O. The predicted octanol–water partition coefficient (Wildman–Crippen LogP) is 1.63. The Bertz CT molecular complexity index is 636. The summed E-state index contributed by atoms with van der Waals surface area (Å²) in [7, 11) is 1.67. The molecule has 0 fully saturated rings. The highest BCUT2D eigenvalue weighted by Gasteiger charge is 2.18. The van der Waals surface area contributed by atoms with Crippen LogP contribution in [0.25, 0.3) is 0 Å². The second kappa shape index (κ2) is 5.73. The maximum absolute atomic E-state index is 13.0. The third-order valence-corrected chi connectivity index (χ3v) is 3.05. The molecule has 0 spiro atoms. The Morgan fingerprint density at radius 3 is 2.85 bits per heavy atom. The zero-order valence-electron chi connectivity index (χ0n) is 11.5. The second-order valence-corrected chi connectivity index (χ2v) is 4.50. The van der Waals surface area contributed by atoms with E-state index in [2.05, 4.69) is 10.4 Å². The van der Waals surface area contributed by atoms with Crippen LogP contribution in [0.4, 0.5) is 10.1 Å². The lowest BCUT2D eigenvalue weighted by molar-refractivity contribution is 0.0942. The molecule has 2 aromatic rings. The Morgan fingerprint density at radius 2 is 2.25 bits per heavy atom. The lowest BCUT2D eigenvalue weighted by Gasteiger charge is -2.06. The zero-order valence-corrected chi connectivity index (χ0v) is 11.5. The molecule has 1 amide bonds. The van der Waals surface area contributed by atoms with Crippen LogP contribution < -0.4 is 11.1 Å². The van der Waals surface area contributed by atoms with E-state index >= 15 is 0 Å². The van der Waals surface area contributed by atoms with E-state index in [1.165, 1.54) is 16.8 Å². The molecule has 0 atom stereocenters. The molecule has 0 bridgehead atoms. The Labute approximate surface area is 116 Å². The number of aryl methyl sites for hydroxylation is 2. The first-order chi connectivity index (χ1) is 9.52. The second-order valence-electron chi connectivity index (χ2n) is 4.50. The minimum absolute atomic E-state index is 0.239. The Hall–Kier alpha value is -2.37. The van der Waals surface area contributed by atoms with E-state index in [1.54, 1.807) is 19.2 Å². The van der Waals surface area contributed by atoms with Crippen LogP contribution in [0.1, 0.15) is 28.7 Å². The summed E-state index contributed by atoms with van der Waals surface area (Å²) in [4.78, 5) is 12.1. The van der Waals surface area contributed by atoms with E-state index in [1.807, 2.05) is 6.92 Å². The highest BCUT2D eigenvalue weighted by atomic mass is 19.1. The number of rotatable bonds is 4. The van der Waals surface area contributed by atoms with E-state index in [-0.39, 0.29) is 18.3 Å². The van der Waals surface area contributed by atoms with Crippen molar-refractivity contribution < 1.29 is 9.18 Å². The Morgan fingerprint density at radius 1 is 1.50 bits per heavy atom. The minimum atomic E-state index is -0.329. The third kappa shape index (κ3) is 2.79. The summed E-state index contributed by atoms with van der Waals surface area (Å²) in [5.41, 5.74) is 8.02. The molecule has 0 aliphatic heterocycles. The molecule has 5 nitrogen and oxygen atoms in total. The van der Waals surface area contributed by atoms with Gasteiger partial charge in [0.05, 0.1) is 11.4 Å². The molecule has 0 aliphatic rings. The summed E-state index contributed by atoms with van der Waals surface area (Å²) < 4.78 is 14.5. The fourth-order valence-corrected chi connectivity index (χ4v) is 2.04. The first-order valence-corrected chi connectivity index (χ1v) is 6.37. The van der Waals surface area contributed by atoms with E-state index in [0.717, 1.165) is 0 Å². The van der Waals surface area contributed by atoms with Crippen molar-refractivity contribution in [3.8, 4) is 0 Å². The number of halogens is 1. The number of anilines is 1. The maximum Gasteiger partial charge on any atom is 0.271 e. The van der Waals surface area contributed by atoms with Gasteiger partial charge in [-0.3, -0.25) is 9.48 Å². The van der Waals surface area contributed by atoms with Crippen LogP contribution in [0.2, 0.25) is 0 Å². The molecule has 1 heterocycles. The molecule has 20 heavy (non-hydrogen) atoms. The summed E-state index contributed by atoms with van der Waals surface area (Å²) in [6.07, 6.45) is 0.664. The van der Waals surface area contributed by atoms with Crippen molar-refractivity contribution in [2.24, 2.45) is 7.05 Å². The lowest BCUT2D eigenvalue weighted by Crippen LogP contribution is -2.26. The normalized spacial score (nSPS) is 10.6. The molecule has 0 aliphatic carbocycles. The van der Waals surface area contributed by atoms with Crippen molar-refractivity contribution in [2.45, 2.75) is 19.9 Å². The number of aromatic nitrogens is 2. The highest BCUT2D eigenvalue weighted by molar-refractivity contribution is 5.97. The molecule has 0 unspecified atom stereocenters. The van der Waals surface area contributed by atoms with Crippen LogP contribution in [0.15, 0.2) is 24.3 Å². The molecule has 2 rings (SSSR count). The van der Waals surface area contributed by atoms with Gasteiger partial charge >= 0.3 is 0 Å². The van der Waals surface area contributed by atoms with Gasteiger partial charge in [-0.1, -0.05) is 19.1 Å².